The van der Waals surface area contributed by atoms with E-state index < -0.39 is 0 Å². The molecule has 100 valence electrons. The van der Waals surface area contributed by atoms with Crippen LogP contribution in [0.25, 0.3) is 10.9 Å². The summed E-state index contributed by atoms with van der Waals surface area (Å²) in [5.41, 5.74) is 3.59. The number of H-pyrrole nitrogens is 1. The lowest BCUT2D eigenvalue weighted by Crippen LogP contribution is -2.38. The number of rotatable bonds is 2. The zero-order chi connectivity index (χ0) is 13.4. The Morgan fingerprint density at radius 3 is 3.05 bits per heavy atom. The molecule has 3 nitrogen and oxygen atoms in total. The summed E-state index contributed by atoms with van der Waals surface area (Å²) < 4.78 is 1.07. The molecule has 1 saturated heterocycles. The lowest BCUT2D eigenvalue weighted by atomic mass is 9.90. The fourth-order valence-electron chi connectivity index (χ4n) is 2.86. The van der Waals surface area contributed by atoms with Gasteiger partial charge in [0, 0.05) is 46.5 Å². The maximum Gasteiger partial charge on any atom is 0.138 e. The SMILES string of the molecule is Cc1[nH]c2cc(Br)ccc2c1CC1CNCCC1=O. The fourth-order valence-corrected chi connectivity index (χ4v) is 3.22. The highest BCUT2D eigenvalue weighted by Crippen LogP contribution is 2.28. The van der Waals surface area contributed by atoms with Crippen LogP contribution in [-0.4, -0.2) is 23.9 Å². The first kappa shape index (κ1) is 12.9. The zero-order valence-electron chi connectivity index (χ0n) is 10.9. The number of aryl methyl sites for hydroxylation is 1. The Labute approximate surface area is 120 Å². The van der Waals surface area contributed by atoms with Crippen LogP contribution in [0.3, 0.4) is 0 Å². The highest BCUT2D eigenvalue weighted by Gasteiger charge is 2.24. The number of nitrogens with one attached hydrogen (secondary N) is 2. The summed E-state index contributed by atoms with van der Waals surface area (Å²) in [7, 11) is 0. The Bertz CT molecular complexity index is 632. The number of aromatic amines is 1. The second kappa shape index (κ2) is 5.10. The molecule has 0 radical (unpaired) electrons. The maximum atomic E-state index is 12.0. The molecule has 1 aromatic carbocycles. The number of halogens is 1. The largest absolute Gasteiger partial charge is 0.358 e. The van der Waals surface area contributed by atoms with E-state index in [-0.39, 0.29) is 5.92 Å². The quantitative estimate of drug-likeness (QED) is 0.893. The molecule has 1 fully saturated rings. The van der Waals surface area contributed by atoms with Gasteiger partial charge in [-0.15, -0.1) is 0 Å². The van der Waals surface area contributed by atoms with Crippen molar-refractivity contribution in [1.29, 1.82) is 0 Å². The molecular weight excluding hydrogens is 304 g/mol. The van der Waals surface area contributed by atoms with Crippen molar-refractivity contribution in [3.63, 3.8) is 0 Å². The molecule has 2 aromatic rings. The van der Waals surface area contributed by atoms with Gasteiger partial charge in [0.2, 0.25) is 0 Å². The topological polar surface area (TPSA) is 44.9 Å². The minimum atomic E-state index is 0.120. The van der Waals surface area contributed by atoms with Gasteiger partial charge in [-0.25, -0.2) is 0 Å². The van der Waals surface area contributed by atoms with Crippen molar-refractivity contribution in [2.45, 2.75) is 19.8 Å². The molecule has 3 rings (SSSR count). The van der Waals surface area contributed by atoms with E-state index in [4.69, 9.17) is 0 Å². The molecule has 1 aliphatic rings. The Balaban J connectivity index is 1.96. The van der Waals surface area contributed by atoms with Gasteiger partial charge in [0.25, 0.3) is 0 Å². The van der Waals surface area contributed by atoms with E-state index >= 15 is 0 Å². The second-order valence-electron chi connectivity index (χ2n) is 5.24. The van der Waals surface area contributed by atoms with Crippen molar-refractivity contribution in [3.05, 3.63) is 33.9 Å². The molecule has 1 aromatic heterocycles. The van der Waals surface area contributed by atoms with Gasteiger partial charge in [0.15, 0.2) is 0 Å². The second-order valence-corrected chi connectivity index (χ2v) is 6.16. The standard InChI is InChI=1S/C15H17BrN2O/c1-9-13(6-10-8-17-5-4-15(10)19)12-3-2-11(16)7-14(12)18-9/h2-3,7,10,17-18H,4-6,8H2,1H3. The van der Waals surface area contributed by atoms with Crippen LogP contribution in [0.5, 0.6) is 0 Å². The highest BCUT2D eigenvalue weighted by atomic mass is 79.9. The van der Waals surface area contributed by atoms with Crippen molar-refractivity contribution in [1.82, 2.24) is 10.3 Å². The van der Waals surface area contributed by atoms with Crippen LogP contribution in [-0.2, 0) is 11.2 Å². The van der Waals surface area contributed by atoms with Gasteiger partial charge < -0.3 is 10.3 Å². The monoisotopic (exact) mass is 320 g/mol. The third-order valence-corrected chi connectivity index (χ3v) is 4.42. The number of aromatic nitrogens is 1. The lowest BCUT2D eigenvalue weighted by Gasteiger charge is -2.21. The third kappa shape index (κ3) is 2.47. The molecule has 2 heterocycles. The van der Waals surface area contributed by atoms with Gasteiger partial charge in [-0.1, -0.05) is 22.0 Å². The van der Waals surface area contributed by atoms with Crippen LogP contribution < -0.4 is 5.32 Å². The molecule has 19 heavy (non-hydrogen) atoms. The van der Waals surface area contributed by atoms with Crippen molar-refractivity contribution in [2.75, 3.05) is 13.1 Å². The minimum absolute atomic E-state index is 0.120. The molecule has 1 unspecified atom stereocenters. The van der Waals surface area contributed by atoms with Crippen LogP contribution in [0.2, 0.25) is 0 Å². The number of carbonyl (C=O) groups excluding carboxylic acids is 1. The van der Waals surface area contributed by atoms with Crippen LogP contribution in [0.1, 0.15) is 17.7 Å². The van der Waals surface area contributed by atoms with E-state index in [1.165, 1.54) is 16.6 Å². The molecule has 0 bridgehead atoms. The molecular formula is C15H17BrN2O. The van der Waals surface area contributed by atoms with Gasteiger partial charge >= 0.3 is 0 Å². The summed E-state index contributed by atoms with van der Waals surface area (Å²) in [5.74, 6) is 0.514. The first-order valence-corrected chi connectivity index (χ1v) is 7.44. The zero-order valence-corrected chi connectivity index (χ0v) is 12.5. The number of fused-ring (bicyclic) bond motifs is 1. The molecule has 0 aliphatic carbocycles. The molecule has 0 amide bonds. The minimum Gasteiger partial charge on any atom is -0.358 e. The summed E-state index contributed by atoms with van der Waals surface area (Å²) in [6.07, 6.45) is 1.50. The fraction of sp³-hybridized carbons (Fsp3) is 0.400. The van der Waals surface area contributed by atoms with Crippen molar-refractivity contribution in [3.8, 4) is 0 Å². The normalized spacial score (nSPS) is 20.1. The Hall–Kier alpha value is -1.13. The van der Waals surface area contributed by atoms with E-state index in [2.05, 4.69) is 51.4 Å². The van der Waals surface area contributed by atoms with Gasteiger partial charge in [0.05, 0.1) is 0 Å². The van der Waals surface area contributed by atoms with Crippen molar-refractivity contribution >= 4 is 32.6 Å². The summed E-state index contributed by atoms with van der Waals surface area (Å²) in [6.45, 7) is 3.72. The lowest BCUT2D eigenvalue weighted by molar-refractivity contribution is -0.123. The predicted molar refractivity (Wildman–Crippen MR) is 80.4 cm³/mol. The highest BCUT2D eigenvalue weighted by molar-refractivity contribution is 9.10. The van der Waals surface area contributed by atoms with E-state index in [1.54, 1.807) is 0 Å². The average molecular weight is 321 g/mol. The van der Waals surface area contributed by atoms with Crippen LogP contribution >= 0.6 is 15.9 Å². The Kier molecular flexibility index (Phi) is 3.46. The number of hydrogen-bond acceptors (Lipinski definition) is 2. The van der Waals surface area contributed by atoms with Gasteiger partial charge in [-0.2, -0.15) is 0 Å². The van der Waals surface area contributed by atoms with Crippen LogP contribution in [0.15, 0.2) is 22.7 Å². The predicted octanol–water partition coefficient (Wildman–Crippen LogP) is 2.96. The summed E-state index contributed by atoms with van der Waals surface area (Å²) >= 11 is 3.49. The van der Waals surface area contributed by atoms with Crippen molar-refractivity contribution in [2.24, 2.45) is 5.92 Å². The summed E-state index contributed by atoms with van der Waals surface area (Å²) in [4.78, 5) is 15.4. The van der Waals surface area contributed by atoms with Gasteiger partial charge in [0.1, 0.15) is 5.78 Å². The molecule has 0 spiro atoms. The summed E-state index contributed by atoms with van der Waals surface area (Å²) in [6, 6.07) is 6.27. The van der Waals surface area contributed by atoms with Crippen molar-refractivity contribution < 1.29 is 4.79 Å². The van der Waals surface area contributed by atoms with Gasteiger partial charge in [-0.05, 0) is 31.0 Å². The molecule has 1 aliphatic heterocycles. The van der Waals surface area contributed by atoms with Crippen LogP contribution in [0.4, 0.5) is 0 Å². The number of benzene rings is 1. The van der Waals surface area contributed by atoms with E-state index in [1.807, 2.05) is 0 Å². The summed E-state index contributed by atoms with van der Waals surface area (Å²) in [5, 5.41) is 4.55. The first-order valence-electron chi connectivity index (χ1n) is 6.65. The van der Waals surface area contributed by atoms with E-state index in [9.17, 15) is 4.79 Å². The number of Topliss-reactive ketones (excluding diaryl/α,β-unsaturated/α-hetero) is 1. The number of carbonyl (C=O) groups is 1. The Morgan fingerprint density at radius 1 is 1.42 bits per heavy atom. The van der Waals surface area contributed by atoms with Gasteiger partial charge in [-0.3, -0.25) is 4.79 Å². The molecule has 0 saturated carbocycles. The van der Waals surface area contributed by atoms with Crippen LogP contribution in [0, 0.1) is 12.8 Å². The Morgan fingerprint density at radius 2 is 2.26 bits per heavy atom. The molecule has 4 heteroatoms. The molecule has 1 atom stereocenters. The first-order chi connectivity index (χ1) is 9.15. The molecule has 2 N–H and O–H groups in total. The van der Waals surface area contributed by atoms with E-state index in [0.717, 1.165) is 29.5 Å². The van der Waals surface area contributed by atoms with E-state index in [0.29, 0.717) is 12.2 Å². The number of piperidine rings is 1. The number of hydrogen-bond donors (Lipinski definition) is 2. The maximum absolute atomic E-state index is 12.0. The smallest absolute Gasteiger partial charge is 0.138 e. The number of ketones is 1. The average Bonchev–Trinajstić information content (AvgIpc) is 2.68. The third-order valence-electron chi connectivity index (χ3n) is 3.93.